The molecule has 70 valence electrons. The molecule has 1 atom stereocenters. The number of aliphatic hydroxyl groups excluding tert-OH is 1. The van der Waals surface area contributed by atoms with Gasteiger partial charge in [0.05, 0.1) is 0 Å². The summed E-state index contributed by atoms with van der Waals surface area (Å²) < 4.78 is 0. The molecule has 1 aromatic rings. The minimum atomic E-state index is -1.45. The Bertz CT molecular complexity index is 294. The van der Waals surface area contributed by atoms with E-state index in [4.69, 9.17) is 21.8 Å². The zero-order valence-electron chi connectivity index (χ0n) is 6.77. The number of aliphatic carboxylic acids is 1. The van der Waals surface area contributed by atoms with Gasteiger partial charge in [0.1, 0.15) is 0 Å². The van der Waals surface area contributed by atoms with Crippen molar-refractivity contribution in [2.75, 3.05) is 0 Å². The average Bonchev–Trinajstić information content (AvgIpc) is 2.17. The number of carboxylic acid groups (broad SMARTS) is 1. The molecule has 0 aliphatic carbocycles. The van der Waals surface area contributed by atoms with Crippen LogP contribution < -0.4 is 0 Å². The maximum atomic E-state index is 10.4. The van der Waals surface area contributed by atoms with Gasteiger partial charge in [0.25, 0.3) is 0 Å². The maximum Gasteiger partial charge on any atom is 0.337 e. The molecule has 0 bridgehead atoms. The largest absolute Gasteiger partial charge is 0.479 e. The van der Waals surface area contributed by atoms with E-state index in [0.29, 0.717) is 11.4 Å². The Hall–Kier alpha value is -1.06. The van der Waals surface area contributed by atoms with Gasteiger partial charge in [-0.2, -0.15) is 0 Å². The Kier molecular flexibility index (Phi) is 3.28. The third-order valence-electron chi connectivity index (χ3n) is 1.68. The smallest absolute Gasteiger partial charge is 0.337 e. The normalized spacial score (nSPS) is 12.5. The van der Waals surface area contributed by atoms with Crippen LogP contribution in [0.15, 0.2) is 24.3 Å². The third-order valence-corrected chi connectivity index (χ3v) is 1.99. The second-order valence-electron chi connectivity index (χ2n) is 2.62. The van der Waals surface area contributed by atoms with Gasteiger partial charge in [-0.25, -0.2) is 4.79 Å². The first-order valence-corrected chi connectivity index (χ1v) is 4.24. The highest BCUT2D eigenvalue weighted by molar-refractivity contribution is 6.17. The molecule has 3 nitrogen and oxygen atoms in total. The Morgan fingerprint density at radius 3 is 2.31 bits per heavy atom. The number of hydrogen-bond donors (Lipinski definition) is 2. The number of hydrogen-bond acceptors (Lipinski definition) is 2. The molecule has 13 heavy (non-hydrogen) atoms. The van der Waals surface area contributed by atoms with E-state index in [2.05, 4.69) is 0 Å². The van der Waals surface area contributed by atoms with Crippen molar-refractivity contribution >= 4 is 17.6 Å². The maximum absolute atomic E-state index is 10.4. The lowest BCUT2D eigenvalue weighted by molar-refractivity contribution is -0.146. The molecule has 0 fully saturated rings. The number of alkyl halides is 1. The van der Waals surface area contributed by atoms with Crippen molar-refractivity contribution in [2.24, 2.45) is 0 Å². The highest BCUT2D eigenvalue weighted by atomic mass is 35.5. The van der Waals surface area contributed by atoms with Crippen LogP contribution in [0.1, 0.15) is 17.2 Å². The van der Waals surface area contributed by atoms with E-state index in [-0.39, 0.29) is 0 Å². The Morgan fingerprint density at radius 1 is 1.38 bits per heavy atom. The molecular formula is C9H9ClO3. The summed E-state index contributed by atoms with van der Waals surface area (Å²) in [4.78, 5) is 10.4. The number of rotatable bonds is 3. The summed E-state index contributed by atoms with van der Waals surface area (Å²) in [7, 11) is 0. The van der Waals surface area contributed by atoms with Crippen molar-refractivity contribution in [3.8, 4) is 0 Å². The molecular weight excluding hydrogens is 192 g/mol. The Morgan fingerprint density at radius 2 is 1.92 bits per heavy atom. The summed E-state index contributed by atoms with van der Waals surface area (Å²) in [5.74, 6) is -0.873. The Balaban J connectivity index is 2.85. The monoisotopic (exact) mass is 200 g/mol. The first-order valence-electron chi connectivity index (χ1n) is 3.71. The van der Waals surface area contributed by atoms with Crippen molar-refractivity contribution in [3.05, 3.63) is 35.4 Å². The van der Waals surface area contributed by atoms with Gasteiger partial charge in [0, 0.05) is 5.88 Å². The van der Waals surface area contributed by atoms with Crippen molar-refractivity contribution < 1.29 is 15.0 Å². The van der Waals surface area contributed by atoms with Gasteiger partial charge in [-0.05, 0) is 11.1 Å². The predicted molar refractivity (Wildman–Crippen MR) is 48.6 cm³/mol. The quantitative estimate of drug-likeness (QED) is 0.728. The van der Waals surface area contributed by atoms with Crippen LogP contribution in [-0.4, -0.2) is 16.2 Å². The summed E-state index contributed by atoms with van der Waals surface area (Å²) in [6, 6.07) is 6.48. The predicted octanol–water partition coefficient (Wildman–Crippen LogP) is 1.54. The molecule has 0 aliphatic heterocycles. The fraction of sp³-hybridized carbons (Fsp3) is 0.222. The molecule has 4 heteroatoms. The summed E-state index contributed by atoms with van der Waals surface area (Å²) in [5, 5.41) is 17.6. The third kappa shape index (κ3) is 2.44. The van der Waals surface area contributed by atoms with Gasteiger partial charge in [-0.1, -0.05) is 24.3 Å². The number of carbonyl (C=O) groups is 1. The van der Waals surface area contributed by atoms with E-state index < -0.39 is 12.1 Å². The molecule has 0 radical (unpaired) electrons. The van der Waals surface area contributed by atoms with Crippen LogP contribution in [0.2, 0.25) is 0 Å². The van der Waals surface area contributed by atoms with E-state index in [1.165, 1.54) is 0 Å². The van der Waals surface area contributed by atoms with Crippen LogP contribution in [0.25, 0.3) is 0 Å². The molecule has 0 amide bonds. The highest BCUT2D eigenvalue weighted by Crippen LogP contribution is 2.14. The fourth-order valence-electron chi connectivity index (χ4n) is 0.932. The molecule has 1 rings (SSSR count). The molecule has 1 aromatic carbocycles. The van der Waals surface area contributed by atoms with E-state index in [0.717, 1.165) is 5.56 Å². The molecule has 1 unspecified atom stereocenters. The van der Waals surface area contributed by atoms with E-state index in [1.807, 2.05) is 0 Å². The Labute approximate surface area is 80.6 Å². The van der Waals surface area contributed by atoms with Crippen LogP contribution in [0.4, 0.5) is 0 Å². The number of halogens is 1. The minimum absolute atomic E-state index is 0.362. The average molecular weight is 201 g/mol. The van der Waals surface area contributed by atoms with Crippen molar-refractivity contribution in [1.82, 2.24) is 0 Å². The van der Waals surface area contributed by atoms with E-state index >= 15 is 0 Å². The fourth-order valence-corrected chi connectivity index (χ4v) is 1.11. The van der Waals surface area contributed by atoms with Crippen molar-refractivity contribution in [1.29, 1.82) is 0 Å². The zero-order valence-corrected chi connectivity index (χ0v) is 7.53. The van der Waals surface area contributed by atoms with E-state index in [1.54, 1.807) is 24.3 Å². The number of carboxylic acids is 1. The summed E-state index contributed by atoms with van der Waals surface area (Å²) in [6.07, 6.45) is -1.45. The van der Waals surface area contributed by atoms with Crippen LogP contribution in [0.3, 0.4) is 0 Å². The van der Waals surface area contributed by atoms with Gasteiger partial charge in [-0.15, -0.1) is 11.6 Å². The van der Waals surface area contributed by atoms with Crippen LogP contribution in [0, 0.1) is 0 Å². The molecule has 0 heterocycles. The molecule has 0 saturated carbocycles. The minimum Gasteiger partial charge on any atom is -0.479 e. The van der Waals surface area contributed by atoms with Crippen molar-refractivity contribution in [2.45, 2.75) is 12.0 Å². The topological polar surface area (TPSA) is 57.5 Å². The molecule has 0 saturated heterocycles. The van der Waals surface area contributed by atoms with E-state index in [9.17, 15) is 4.79 Å². The first-order chi connectivity index (χ1) is 6.15. The van der Waals surface area contributed by atoms with Gasteiger partial charge in [-0.3, -0.25) is 0 Å². The first kappa shape index (κ1) is 10.0. The summed E-state index contributed by atoms with van der Waals surface area (Å²) in [6.45, 7) is 0. The zero-order chi connectivity index (χ0) is 9.84. The van der Waals surface area contributed by atoms with Crippen LogP contribution >= 0.6 is 11.6 Å². The van der Waals surface area contributed by atoms with Gasteiger partial charge in [0.15, 0.2) is 6.10 Å². The van der Waals surface area contributed by atoms with Gasteiger partial charge in [0.2, 0.25) is 0 Å². The number of benzene rings is 1. The SMILES string of the molecule is O=C(O)C(O)c1ccc(CCl)cc1. The summed E-state index contributed by atoms with van der Waals surface area (Å²) in [5.41, 5.74) is 1.25. The lowest BCUT2D eigenvalue weighted by atomic mass is 10.1. The van der Waals surface area contributed by atoms with Crippen molar-refractivity contribution in [3.63, 3.8) is 0 Å². The molecule has 2 N–H and O–H groups in total. The standard InChI is InChI=1S/C9H9ClO3/c10-5-6-1-3-7(4-2-6)8(11)9(12)13/h1-4,8,11H,5H2,(H,12,13). The second-order valence-corrected chi connectivity index (χ2v) is 2.88. The van der Waals surface area contributed by atoms with Gasteiger partial charge >= 0.3 is 5.97 Å². The lowest BCUT2D eigenvalue weighted by Gasteiger charge is -2.05. The molecule has 0 aliphatic rings. The van der Waals surface area contributed by atoms with Gasteiger partial charge < -0.3 is 10.2 Å². The molecule has 0 spiro atoms. The van der Waals surface area contributed by atoms with Crippen LogP contribution in [-0.2, 0) is 10.7 Å². The lowest BCUT2D eigenvalue weighted by Crippen LogP contribution is -2.10. The molecule has 0 aromatic heterocycles. The summed E-state index contributed by atoms with van der Waals surface area (Å²) >= 11 is 5.54. The highest BCUT2D eigenvalue weighted by Gasteiger charge is 2.14. The number of aliphatic hydroxyl groups is 1. The van der Waals surface area contributed by atoms with Crippen LogP contribution in [0.5, 0.6) is 0 Å². The second kappa shape index (κ2) is 4.25.